The van der Waals surface area contributed by atoms with Gasteiger partial charge in [-0.05, 0) is 66.6 Å². The van der Waals surface area contributed by atoms with Gasteiger partial charge in [-0.3, -0.25) is 28.8 Å². The summed E-state index contributed by atoms with van der Waals surface area (Å²) in [6, 6.07) is 34.9. The molecule has 0 saturated heterocycles. The van der Waals surface area contributed by atoms with E-state index in [0.717, 1.165) is 37.4 Å². The van der Waals surface area contributed by atoms with E-state index in [0.29, 0.717) is 22.0 Å². The van der Waals surface area contributed by atoms with Crippen LogP contribution in [0.1, 0.15) is 30.9 Å². The fourth-order valence-corrected chi connectivity index (χ4v) is 6.19. The van der Waals surface area contributed by atoms with Crippen LogP contribution in [0.2, 0.25) is 0 Å². The van der Waals surface area contributed by atoms with Crippen molar-refractivity contribution in [1.29, 1.82) is 0 Å². The first-order valence-corrected chi connectivity index (χ1v) is 20.4. The van der Waals surface area contributed by atoms with Crippen molar-refractivity contribution >= 4 is 120 Å². The number of pyridine rings is 2. The molecule has 4 aromatic carbocycles. The third kappa shape index (κ3) is 15.5. The first-order valence-electron chi connectivity index (χ1n) is 16.2. The minimum Gasteiger partial charge on any atom is -0.326 e. The fraction of sp³-hybridized carbons (Fsp3) is 0.150. The Balaban J connectivity index is 0.000000194. The van der Waals surface area contributed by atoms with E-state index >= 15 is 0 Å². The normalized spacial score (nSPS) is 10.0. The third-order valence-electron chi connectivity index (χ3n) is 7.05. The highest BCUT2D eigenvalue weighted by Gasteiger charge is 2.08. The number of halogens is 4. The Morgan fingerprint density at radius 2 is 1.04 bits per heavy atom. The molecule has 6 aromatic rings. The van der Waals surface area contributed by atoms with Gasteiger partial charge in [0, 0.05) is 60.4 Å². The highest BCUT2D eigenvalue weighted by molar-refractivity contribution is 9.10. The van der Waals surface area contributed by atoms with E-state index in [1.165, 1.54) is 6.92 Å². The van der Waals surface area contributed by atoms with E-state index in [9.17, 15) is 28.8 Å². The summed E-state index contributed by atoms with van der Waals surface area (Å²) in [6.07, 6.45) is -0.144. The van der Waals surface area contributed by atoms with Crippen molar-refractivity contribution in [3.8, 4) is 0 Å². The lowest BCUT2D eigenvalue weighted by Gasteiger charge is -2.03. The number of ketones is 2. The van der Waals surface area contributed by atoms with Gasteiger partial charge >= 0.3 is 0 Å². The molecule has 14 heteroatoms. The van der Waals surface area contributed by atoms with Gasteiger partial charge in [0.25, 0.3) is 0 Å². The zero-order chi connectivity index (χ0) is 39.5. The number of H-pyrrole nitrogens is 2. The molecule has 280 valence electrons. The van der Waals surface area contributed by atoms with Crippen LogP contribution in [0.4, 0.5) is 11.4 Å². The SMILES string of the molecule is CC(=O)CC(=O)Nc1ccccc1.O=C(CBr)CC(=O)Nc1ccccc1.O=c1cc(CBr)c2cc(Br)ccc2[nH]1.O=c1cc(CBr)c2ccccc2[nH]1. The summed E-state index contributed by atoms with van der Waals surface area (Å²) >= 11 is 13.1. The van der Waals surface area contributed by atoms with Crippen LogP contribution in [-0.4, -0.2) is 38.7 Å². The maximum Gasteiger partial charge on any atom is 0.248 e. The summed E-state index contributed by atoms with van der Waals surface area (Å²) in [5, 5.41) is 9.01. The smallest absolute Gasteiger partial charge is 0.248 e. The number of carbonyl (C=O) groups excluding carboxylic acids is 4. The lowest BCUT2D eigenvalue weighted by Crippen LogP contribution is -2.16. The Hall–Kier alpha value is -4.50. The maximum absolute atomic E-state index is 11.3. The molecule has 2 aromatic heterocycles. The fourth-order valence-electron chi connectivity index (χ4n) is 4.70. The van der Waals surface area contributed by atoms with Gasteiger partial charge in [0.2, 0.25) is 22.9 Å². The van der Waals surface area contributed by atoms with E-state index in [2.05, 4.69) is 84.3 Å². The van der Waals surface area contributed by atoms with Crippen LogP contribution in [0.15, 0.2) is 129 Å². The van der Waals surface area contributed by atoms with Gasteiger partial charge in [-0.1, -0.05) is 118 Å². The second-order valence-corrected chi connectivity index (χ2v) is 14.0. The molecule has 0 unspecified atom stereocenters. The molecule has 0 aliphatic rings. The van der Waals surface area contributed by atoms with E-state index < -0.39 is 0 Å². The van der Waals surface area contributed by atoms with Crippen molar-refractivity contribution < 1.29 is 19.2 Å². The number of para-hydroxylation sites is 3. The van der Waals surface area contributed by atoms with Gasteiger partial charge in [0.1, 0.15) is 5.78 Å². The number of alkyl halides is 3. The van der Waals surface area contributed by atoms with Crippen molar-refractivity contribution in [3.05, 3.63) is 152 Å². The number of carbonyl (C=O) groups is 4. The molecule has 2 amide bonds. The van der Waals surface area contributed by atoms with Crippen LogP contribution in [-0.2, 0) is 29.8 Å². The Morgan fingerprint density at radius 3 is 1.54 bits per heavy atom. The average Bonchev–Trinajstić information content (AvgIpc) is 3.15. The van der Waals surface area contributed by atoms with Gasteiger partial charge in [-0.2, -0.15) is 0 Å². The highest BCUT2D eigenvalue weighted by atomic mass is 79.9. The molecule has 0 bridgehead atoms. The molecule has 0 atom stereocenters. The number of amides is 2. The lowest BCUT2D eigenvalue weighted by atomic mass is 10.1. The lowest BCUT2D eigenvalue weighted by molar-refractivity contribution is -0.125. The number of hydrogen-bond donors (Lipinski definition) is 4. The number of rotatable bonds is 9. The minimum atomic E-state index is -0.277. The summed E-state index contributed by atoms with van der Waals surface area (Å²) in [6.45, 7) is 1.39. The Labute approximate surface area is 345 Å². The molecule has 54 heavy (non-hydrogen) atoms. The van der Waals surface area contributed by atoms with Crippen molar-refractivity contribution in [2.75, 3.05) is 16.0 Å². The van der Waals surface area contributed by atoms with Crippen molar-refractivity contribution in [2.45, 2.75) is 30.4 Å². The predicted molar refractivity (Wildman–Crippen MR) is 231 cm³/mol. The number of benzene rings is 4. The molecule has 0 fully saturated rings. The Bertz CT molecular complexity index is 2300. The molecule has 2 heterocycles. The summed E-state index contributed by atoms with van der Waals surface area (Å²) in [4.78, 5) is 71.8. The van der Waals surface area contributed by atoms with Crippen LogP contribution >= 0.6 is 63.7 Å². The number of aromatic nitrogens is 2. The van der Waals surface area contributed by atoms with Crippen LogP contribution in [0.5, 0.6) is 0 Å². The highest BCUT2D eigenvalue weighted by Crippen LogP contribution is 2.22. The molecule has 0 aliphatic heterocycles. The number of fused-ring (bicyclic) bond motifs is 2. The van der Waals surface area contributed by atoms with Gasteiger partial charge in [0.05, 0.1) is 18.2 Å². The third-order valence-corrected chi connectivity index (χ3v) is 9.37. The standard InChI is InChI=1S/C10H7Br2NO.C10H10BrNO2.C10H8BrNO.C10H11NO2/c11-5-6-3-10(14)13-9-2-1-7(12)4-8(6)9;11-7-9(13)6-10(14)12-8-4-2-1-3-5-8;11-6-7-5-10(13)12-9-4-2-1-3-8(7)9;1-8(12)7-10(13)11-9-5-3-2-4-6-9/h1-4H,5H2,(H,13,14);1-5H,6-7H2,(H,12,14);1-5H,6H2,(H,12,13);2-6H,7H2,1H3,(H,11,13). The zero-order valence-corrected chi connectivity index (χ0v) is 35.3. The van der Waals surface area contributed by atoms with Crippen LogP contribution in [0.25, 0.3) is 21.8 Å². The van der Waals surface area contributed by atoms with Gasteiger partial charge in [-0.15, -0.1) is 0 Å². The predicted octanol–water partition coefficient (Wildman–Crippen LogP) is 9.19. The molecule has 0 saturated carbocycles. The van der Waals surface area contributed by atoms with E-state index in [1.54, 1.807) is 36.4 Å². The molecule has 0 spiro atoms. The number of Topliss-reactive ketones (excluding diaryl/α,β-unsaturated/α-hetero) is 2. The first kappa shape index (κ1) is 43.9. The van der Waals surface area contributed by atoms with E-state index in [4.69, 9.17) is 0 Å². The number of nitrogens with one attached hydrogen (secondary N) is 4. The zero-order valence-electron chi connectivity index (χ0n) is 29.0. The van der Waals surface area contributed by atoms with Gasteiger partial charge in [-0.25, -0.2) is 0 Å². The van der Waals surface area contributed by atoms with Crippen LogP contribution in [0.3, 0.4) is 0 Å². The van der Waals surface area contributed by atoms with Crippen LogP contribution < -0.4 is 21.8 Å². The molecule has 10 nitrogen and oxygen atoms in total. The van der Waals surface area contributed by atoms with Crippen LogP contribution in [0, 0.1) is 0 Å². The van der Waals surface area contributed by atoms with Crippen molar-refractivity contribution in [1.82, 2.24) is 9.97 Å². The second-order valence-electron chi connectivity index (χ2n) is 11.4. The van der Waals surface area contributed by atoms with E-state index in [-0.39, 0.29) is 52.7 Å². The quantitative estimate of drug-likeness (QED) is 0.0836. The number of aromatic amines is 2. The first-order chi connectivity index (χ1) is 25.9. The van der Waals surface area contributed by atoms with Crippen molar-refractivity contribution in [2.24, 2.45) is 0 Å². The summed E-state index contributed by atoms with van der Waals surface area (Å²) in [7, 11) is 0. The summed E-state index contributed by atoms with van der Waals surface area (Å²) in [5.41, 5.74) is 5.11. The number of anilines is 2. The second kappa shape index (κ2) is 23.3. The van der Waals surface area contributed by atoms with Crippen molar-refractivity contribution in [3.63, 3.8) is 0 Å². The average molecular weight is 988 g/mol. The molecule has 4 N–H and O–H groups in total. The Morgan fingerprint density at radius 1 is 0.574 bits per heavy atom. The largest absolute Gasteiger partial charge is 0.326 e. The summed E-state index contributed by atoms with van der Waals surface area (Å²) in [5.74, 6) is -0.800. The molecular formula is C40H36Br4N4O6. The molecular weight excluding hydrogens is 952 g/mol. The molecule has 0 aliphatic carbocycles. The molecule has 6 rings (SSSR count). The summed E-state index contributed by atoms with van der Waals surface area (Å²) < 4.78 is 1.01. The van der Waals surface area contributed by atoms with E-state index in [1.807, 2.05) is 78.9 Å². The van der Waals surface area contributed by atoms with Gasteiger partial charge in [0.15, 0.2) is 5.78 Å². The topological polar surface area (TPSA) is 158 Å². The molecule has 0 radical (unpaired) electrons. The monoisotopic (exact) mass is 984 g/mol. The maximum atomic E-state index is 11.3. The minimum absolute atomic E-state index is 0.0480. The van der Waals surface area contributed by atoms with Gasteiger partial charge < -0.3 is 20.6 Å². The number of hydrogen-bond acceptors (Lipinski definition) is 6. The Kier molecular flexibility index (Phi) is 19.0.